The number of carbonyl (C=O) groups excluding carboxylic acids is 1. The molecule has 4 aromatic rings. The van der Waals surface area contributed by atoms with Crippen molar-refractivity contribution in [2.24, 2.45) is 13.0 Å². The van der Waals surface area contributed by atoms with Crippen LogP contribution in [0.2, 0.25) is 0 Å². The van der Waals surface area contributed by atoms with E-state index in [1.165, 1.54) is 23.9 Å². The molecule has 1 saturated heterocycles. The molecular formula is C27H28N4O4. The number of aryl methyl sites for hydroxylation is 1. The Labute approximate surface area is 202 Å². The summed E-state index contributed by atoms with van der Waals surface area (Å²) in [6.07, 6.45) is 2.45. The zero-order valence-electron chi connectivity index (χ0n) is 20.1. The van der Waals surface area contributed by atoms with Gasteiger partial charge in [0.2, 0.25) is 5.91 Å². The number of para-hydroxylation sites is 1. The summed E-state index contributed by atoms with van der Waals surface area (Å²) in [5.41, 5.74) is 5.02. The number of aromatic nitrogens is 3. The Kier molecular flexibility index (Phi) is 4.88. The van der Waals surface area contributed by atoms with E-state index in [4.69, 9.17) is 9.72 Å². The number of carbonyl (C=O) groups is 2. The van der Waals surface area contributed by atoms with Gasteiger partial charge in [0.25, 0.3) is 0 Å². The van der Waals surface area contributed by atoms with E-state index in [0.717, 1.165) is 42.1 Å². The SMILES string of the molecule is COc1cc(C(=O)O)cc2nc(-c3cc4cccc(C5CN(C(C)=O)C5)c4n3CC3CC3)n(C)c12. The van der Waals surface area contributed by atoms with E-state index >= 15 is 0 Å². The maximum Gasteiger partial charge on any atom is 0.335 e. The molecule has 180 valence electrons. The predicted molar refractivity (Wildman–Crippen MR) is 133 cm³/mol. The number of ether oxygens (including phenoxy) is 1. The minimum Gasteiger partial charge on any atom is -0.494 e. The molecule has 8 heteroatoms. The molecule has 3 heterocycles. The number of likely N-dealkylation sites (tertiary alicyclic amines) is 1. The number of aromatic carboxylic acids is 1. The molecule has 1 aliphatic heterocycles. The Morgan fingerprint density at radius 2 is 1.91 bits per heavy atom. The van der Waals surface area contributed by atoms with Crippen molar-refractivity contribution in [1.29, 1.82) is 0 Å². The molecule has 2 fully saturated rings. The van der Waals surface area contributed by atoms with Gasteiger partial charge in [-0.3, -0.25) is 4.79 Å². The summed E-state index contributed by atoms with van der Waals surface area (Å²) < 4.78 is 9.94. The van der Waals surface area contributed by atoms with Gasteiger partial charge in [-0.1, -0.05) is 18.2 Å². The van der Waals surface area contributed by atoms with Crippen LogP contribution in [0.1, 0.15) is 41.6 Å². The fourth-order valence-corrected chi connectivity index (χ4v) is 5.37. The fourth-order valence-electron chi connectivity index (χ4n) is 5.37. The molecular weight excluding hydrogens is 444 g/mol. The van der Waals surface area contributed by atoms with Gasteiger partial charge >= 0.3 is 5.97 Å². The fraction of sp³-hybridized carbons (Fsp3) is 0.370. The summed E-state index contributed by atoms with van der Waals surface area (Å²) >= 11 is 0. The number of nitrogens with zero attached hydrogens (tertiary/aromatic N) is 4. The molecule has 8 nitrogen and oxygen atoms in total. The second kappa shape index (κ2) is 7.86. The Morgan fingerprint density at radius 3 is 2.57 bits per heavy atom. The summed E-state index contributed by atoms with van der Waals surface area (Å²) in [4.78, 5) is 30.2. The van der Waals surface area contributed by atoms with Gasteiger partial charge in [-0.05, 0) is 42.5 Å². The van der Waals surface area contributed by atoms with Crippen LogP contribution in [0.3, 0.4) is 0 Å². The number of rotatable bonds is 6. The summed E-state index contributed by atoms with van der Waals surface area (Å²) in [6.45, 7) is 4.04. The predicted octanol–water partition coefficient (Wildman–Crippen LogP) is 4.26. The molecule has 2 aromatic carbocycles. The molecule has 1 N–H and O–H groups in total. The average molecular weight is 473 g/mol. The molecule has 2 aliphatic rings. The van der Waals surface area contributed by atoms with Gasteiger partial charge in [-0.2, -0.15) is 0 Å². The first kappa shape index (κ1) is 21.7. The number of fused-ring (bicyclic) bond motifs is 2. The first-order chi connectivity index (χ1) is 16.9. The smallest absolute Gasteiger partial charge is 0.335 e. The van der Waals surface area contributed by atoms with Crippen molar-refractivity contribution in [1.82, 2.24) is 19.0 Å². The van der Waals surface area contributed by atoms with Crippen LogP contribution in [0.5, 0.6) is 5.75 Å². The van der Waals surface area contributed by atoms with Gasteiger partial charge in [0, 0.05) is 44.9 Å². The van der Waals surface area contributed by atoms with Crippen molar-refractivity contribution >= 4 is 33.8 Å². The molecule has 1 aliphatic carbocycles. The lowest BCUT2D eigenvalue weighted by molar-refractivity contribution is -0.133. The minimum atomic E-state index is -1.01. The third-order valence-electron chi connectivity index (χ3n) is 7.49. The van der Waals surface area contributed by atoms with E-state index in [0.29, 0.717) is 23.1 Å². The molecule has 6 rings (SSSR count). The second-order valence-corrected chi connectivity index (χ2v) is 9.84. The van der Waals surface area contributed by atoms with Gasteiger partial charge in [-0.15, -0.1) is 0 Å². The van der Waals surface area contributed by atoms with Crippen LogP contribution in [-0.2, 0) is 18.4 Å². The van der Waals surface area contributed by atoms with E-state index in [9.17, 15) is 14.7 Å². The molecule has 1 saturated carbocycles. The van der Waals surface area contributed by atoms with Gasteiger partial charge in [0.1, 0.15) is 11.3 Å². The lowest BCUT2D eigenvalue weighted by Crippen LogP contribution is -2.47. The van der Waals surface area contributed by atoms with Gasteiger partial charge in [0.15, 0.2) is 5.82 Å². The molecule has 0 unspecified atom stereocenters. The van der Waals surface area contributed by atoms with Gasteiger partial charge in [0.05, 0.1) is 29.4 Å². The van der Waals surface area contributed by atoms with Crippen LogP contribution in [-0.4, -0.2) is 56.2 Å². The zero-order valence-corrected chi connectivity index (χ0v) is 20.1. The van der Waals surface area contributed by atoms with Crippen LogP contribution < -0.4 is 4.74 Å². The Bertz CT molecular complexity index is 1500. The molecule has 0 spiro atoms. The highest BCUT2D eigenvalue weighted by molar-refractivity contribution is 5.97. The number of hydrogen-bond acceptors (Lipinski definition) is 4. The molecule has 35 heavy (non-hydrogen) atoms. The van der Waals surface area contributed by atoms with Crippen molar-refractivity contribution < 1.29 is 19.4 Å². The van der Waals surface area contributed by atoms with Crippen LogP contribution in [0, 0.1) is 5.92 Å². The number of carboxylic acid groups (broad SMARTS) is 1. The third kappa shape index (κ3) is 3.47. The second-order valence-electron chi connectivity index (χ2n) is 9.84. The lowest BCUT2D eigenvalue weighted by atomic mass is 9.90. The highest BCUT2D eigenvalue weighted by atomic mass is 16.5. The van der Waals surface area contributed by atoms with Crippen LogP contribution >= 0.6 is 0 Å². The Hall–Kier alpha value is -3.81. The van der Waals surface area contributed by atoms with Crippen molar-refractivity contribution in [2.45, 2.75) is 32.2 Å². The van der Waals surface area contributed by atoms with Crippen molar-refractivity contribution in [3.63, 3.8) is 0 Å². The third-order valence-corrected chi connectivity index (χ3v) is 7.49. The summed E-state index contributed by atoms with van der Waals surface area (Å²) in [7, 11) is 3.50. The summed E-state index contributed by atoms with van der Waals surface area (Å²) in [5, 5.41) is 10.7. The lowest BCUT2D eigenvalue weighted by Gasteiger charge is -2.39. The number of benzene rings is 2. The van der Waals surface area contributed by atoms with Crippen molar-refractivity contribution in [2.75, 3.05) is 20.2 Å². The van der Waals surface area contributed by atoms with Crippen LogP contribution in [0.25, 0.3) is 33.5 Å². The molecule has 0 bridgehead atoms. The first-order valence-corrected chi connectivity index (χ1v) is 12.0. The Morgan fingerprint density at radius 1 is 1.14 bits per heavy atom. The summed E-state index contributed by atoms with van der Waals surface area (Å²) in [5.74, 6) is 1.35. The van der Waals surface area contributed by atoms with E-state index in [1.807, 2.05) is 16.5 Å². The van der Waals surface area contributed by atoms with Crippen molar-refractivity contribution in [3.05, 3.63) is 47.5 Å². The quantitative estimate of drug-likeness (QED) is 0.453. The Balaban J connectivity index is 1.54. The van der Waals surface area contributed by atoms with E-state index in [1.54, 1.807) is 26.2 Å². The number of methoxy groups -OCH3 is 1. The molecule has 0 radical (unpaired) electrons. The number of imidazole rings is 1. The van der Waals surface area contributed by atoms with Crippen LogP contribution in [0.4, 0.5) is 0 Å². The van der Waals surface area contributed by atoms with Crippen LogP contribution in [0.15, 0.2) is 36.4 Å². The topological polar surface area (TPSA) is 89.6 Å². The van der Waals surface area contributed by atoms with Crippen molar-refractivity contribution in [3.8, 4) is 17.3 Å². The molecule has 2 aromatic heterocycles. The highest BCUT2D eigenvalue weighted by Crippen LogP contribution is 2.41. The normalized spacial score (nSPS) is 16.1. The average Bonchev–Trinajstić information content (AvgIpc) is 3.45. The zero-order chi connectivity index (χ0) is 24.4. The standard InChI is InChI=1S/C27H28N4O4/c1-15(32)30-13-19(14-30)20-6-4-5-17-10-22(31(24(17)20)12-16-7-8-16)26-28-21-9-18(27(33)34)11-23(35-3)25(21)29(26)2/h4-6,9-11,16,19H,7-8,12-14H2,1-3H3,(H,33,34). The molecule has 0 atom stereocenters. The first-order valence-electron chi connectivity index (χ1n) is 12.0. The maximum atomic E-state index is 11.8. The number of carboxylic acids is 1. The van der Waals surface area contributed by atoms with E-state index in [2.05, 4.69) is 28.8 Å². The number of amides is 1. The van der Waals surface area contributed by atoms with Gasteiger partial charge in [-0.25, -0.2) is 9.78 Å². The van der Waals surface area contributed by atoms with Gasteiger partial charge < -0.3 is 23.9 Å². The molecule has 1 amide bonds. The monoisotopic (exact) mass is 472 g/mol. The summed E-state index contributed by atoms with van der Waals surface area (Å²) in [6, 6.07) is 11.8. The van der Waals surface area contributed by atoms with E-state index in [-0.39, 0.29) is 11.5 Å². The largest absolute Gasteiger partial charge is 0.494 e. The highest BCUT2D eigenvalue weighted by Gasteiger charge is 2.33. The minimum absolute atomic E-state index is 0.122. The maximum absolute atomic E-state index is 11.8. The van der Waals surface area contributed by atoms with E-state index < -0.39 is 5.97 Å². The number of hydrogen-bond donors (Lipinski definition) is 1.